The molecule has 21 heavy (non-hydrogen) atoms. The summed E-state index contributed by atoms with van der Waals surface area (Å²) in [6.07, 6.45) is 7.45. The molecule has 5 heteroatoms. The molecule has 0 radical (unpaired) electrons. The van der Waals surface area contributed by atoms with Crippen LogP contribution in [0.25, 0.3) is 0 Å². The van der Waals surface area contributed by atoms with E-state index in [4.69, 9.17) is 5.11 Å². The van der Waals surface area contributed by atoms with E-state index < -0.39 is 5.97 Å². The lowest BCUT2D eigenvalue weighted by molar-refractivity contribution is 0.0689. The molecule has 2 unspecified atom stereocenters. The van der Waals surface area contributed by atoms with Gasteiger partial charge >= 0.3 is 5.97 Å². The van der Waals surface area contributed by atoms with Crippen molar-refractivity contribution >= 4 is 11.9 Å². The summed E-state index contributed by atoms with van der Waals surface area (Å²) in [5.74, 6) is 0.227. The van der Waals surface area contributed by atoms with Crippen LogP contribution in [0.1, 0.15) is 59.9 Å². The fourth-order valence-electron chi connectivity index (χ4n) is 2.97. The van der Waals surface area contributed by atoms with Gasteiger partial charge in [0.2, 0.25) is 0 Å². The van der Waals surface area contributed by atoms with Crippen molar-refractivity contribution in [2.75, 3.05) is 6.54 Å². The van der Waals surface area contributed by atoms with Gasteiger partial charge in [-0.15, -0.1) is 0 Å². The molecule has 0 spiro atoms. The molecule has 1 aliphatic rings. The third kappa shape index (κ3) is 4.55. The number of rotatable bonds is 5. The van der Waals surface area contributed by atoms with E-state index >= 15 is 0 Å². The monoisotopic (exact) mass is 290 g/mol. The highest BCUT2D eigenvalue weighted by atomic mass is 16.4. The van der Waals surface area contributed by atoms with Crippen LogP contribution in [0.2, 0.25) is 0 Å². The lowest BCUT2D eigenvalue weighted by Gasteiger charge is -2.26. The molecule has 5 nitrogen and oxygen atoms in total. The van der Waals surface area contributed by atoms with Crippen molar-refractivity contribution in [3.8, 4) is 0 Å². The van der Waals surface area contributed by atoms with Crippen molar-refractivity contribution in [1.29, 1.82) is 0 Å². The summed E-state index contributed by atoms with van der Waals surface area (Å²) in [7, 11) is 0. The Morgan fingerprint density at radius 2 is 2.19 bits per heavy atom. The van der Waals surface area contributed by atoms with Gasteiger partial charge in [0.15, 0.2) is 0 Å². The third-order valence-corrected chi connectivity index (χ3v) is 4.13. The van der Waals surface area contributed by atoms with Gasteiger partial charge in [-0.05, 0) is 36.8 Å². The van der Waals surface area contributed by atoms with Crippen molar-refractivity contribution in [2.24, 2.45) is 11.8 Å². The Labute approximate surface area is 124 Å². The van der Waals surface area contributed by atoms with E-state index in [-0.39, 0.29) is 11.6 Å². The van der Waals surface area contributed by atoms with E-state index in [1.807, 2.05) is 0 Å². The zero-order valence-electron chi connectivity index (χ0n) is 12.3. The van der Waals surface area contributed by atoms with Crippen LogP contribution in [0.15, 0.2) is 18.3 Å². The van der Waals surface area contributed by atoms with E-state index in [2.05, 4.69) is 17.2 Å². The minimum atomic E-state index is -1.09. The van der Waals surface area contributed by atoms with Crippen LogP contribution >= 0.6 is 0 Å². The highest BCUT2D eigenvalue weighted by Crippen LogP contribution is 2.30. The Kier molecular flexibility index (Phi) is 5.31. The number of hydrogen-bond donors (Lipinski definition) is 2. The Hall–Kier alpha value is -1.91. The van der Waals surface area contributed by atoms with Crippen LogP contribution in [-0.4, -0.2) is 28.5 Å². The fourth-order valence-corrected chi connectivity index (χ4v) is 2.97. The number of amides is 1. The summed E-state index contributed by atoms with van der Waals surface area (Å²) in [5.41, 5.74) is 0.347. The summed E-state index contributed by atoms with van der Waals surface area (Å²) in [6.45, 7) is 2.96. The molecular weight excluding hydrogens is 268 g/mol. The maximum atomic E-state index is 11.9. The second kappa shape index (κ2) is 7.20. The molecule has 1 saturated carbocycles. The SMILES string of the molecule is CC1CCCC(CCNC(=O)c2ccc(C(=O)O)nc2)C1. The molecule has 1 aliphatic carbocycles. The minimum Gasteiger partial charge on any atom is -0.477 e. The molecule has 1 fully saturated rings. The number of aromatic nitrogens is 1. The summed E-state index contributed by atoms with van der Waals surface area (Å²) in [6, 6.07) is 2.84. The smallest absolute Gasteiger partial charge is 0.354 e. The van der Waals surface area contributed by atoms with Crippen LogP contribution in [0.3, 0.4) is 0 Å². The molecule has 114 valence electrons. The summed E-state index contributed by atoms with van der Waals surface area (Å²) < 4.78 is 0. The first-order chi connectivity index (χ1) is 10.1. The largest absolute Gasteiger partial charge is 0.477 e. The second-order valence-electron chi connectivity index (χ2n) is 5.92. The highest BCUT2D eigenvalue weighted by molar-refractivity contribution is 5.94. The van der Waals surface area contributed by atoms with Crippen LogP contribution in [0, 0.1) is 11.8 Å². The van der Waals surface area contributed by atoms with E-state index in [0.29, 0.717) is 18.0 Å². The van der Waals surface area contributed by atoms with E-state index in [1.165, 1.54) is 44.0 Å². The minimum absolute atomic E-state index is 0.0530. The predicted octanol–water partition coefficient (Wildman–Crippen LogP) is 2.73. The van der Waals surface area contributed by atoms with Gasteiger partial charge in [-0.25, -0.2) is 9.78 Å². The first-order valence-corrected chi connectivity index (χ1v) is 7.54. The van der Waals surface area contributed by atoms with Gasteiger partial charge in [0.1, 0.15) is 5.69 Å². The second-order valence-corrected chi connectivity index (χ2v) is 5.92. The van der Waals surface area contributed by atoms with Gasteiger partial charge in [0, 0.05) is 12.7 Å². The first kappa shape index (κ1) is 15.5. The maximum absolute atomic E-state index is 11.9. The molecule has 0 aromatic carbocycles. The van der Waals surface area contributed by atoms with Crippen molar-refractivity contribution in [3.63, 3.8) is 0 Å². The van der Waals surface area contributed by atoms with Gasteiger partial charge in [-0.3, -0.25) is 4.79 Å². The molecule has 0 aliphatic heterocycles. The average molecular weight is 290 g/mol. The standard InChI is InChI=1S/C16H22N2O3/c1-11-3-2-4-12(9-11)7-8-17-15(19)13-5-6-14(16(20)21)18-10-13/h5-6,10-12H,2-4,7-9H2,1H3,(H,17,19)(H,20,21). The van der Waals surface area contributed by atoms with Gasteiger partial charge < -0.3 is 10.4 Å². The number of nitrogens with one attached hydrogen (secondary N) is 1. The molecule has 1 heterocycles. The van der Waals surface area contributed by atoms with Crippen LogP contribution in [0.5, 0.6) is 0 Å². The molecule has 0 saturated heterocycles. The molecule has 2 rings (SSSR count). The lowest BCUT2D eigenvalue weighted by atomic mass is 9.81. The third-order valence-electron chi connectivity index (χ3n) is 4.13. The van der Waals surface area contributed by atoms with Gasteiger partial charge in [-0.2, -0.15) is 0 Å². The quantitative estimate of drug-likeness (QED) is 0.874. The van der Waals surface area contributed by atoms with Gasteiger partial charge in [0.25, 0.3) is 5.91 Å². The molecule has 2 atom stereocenters. The van der Waals surface area contributed by atoms with E-state index in [9.17, 15) is 9.59 Å². The summed E-state index contributed by atoms with van der Waals surface area (Å²) in [4.78, 5) is 26.4. The molecule has 1 aromatic heterocycles. The lowest BCUT2D eigenvalue weighted by Crippen LogP contribution is -2.27. The van der Waals surface area contributed by atoms with Crippen LogP contribution < -0.4 is 5.32 Å². The Morgan fingerprint density at radius 3 is 2.81 bits per heavy atom. The molecule has 1 amide bonds. The average Bonchev–Trinajstić information content (AvgIpc) is 2.47. The number of nitrogens with zero attached hydrogens (tertiary/aromatic N) is 1. The highest BCUT2D eigenvalue weighted by Gasteiger charge is 2.18. The molecule has 1 aromatic rings. The normalized spacial score (nSPS) is 21.8. The Bertz CT molecular complexity index is 499. The number of carbonyl (C=O) groups excluding carboxylic acids is 1. The topological polar surface area (TPSA) is 79.3 Å². The number of pyridine rings is 1. The zero-order chi connectivity index (χ0) is 15.2. The van der Waals surface area contributed by atoms with Crippen molar-refractivity contribution in [3.05, 3.63) is 29.6 Å². The number of hydrogen-bond acceptors (Lipinski definition) is 3. The Balaban J connectivity index is 1.77. The van der Waals surface area contributed by atoms with Crippen molar-refractivity contribution in [1.82, 2.24) is 10.3 Å². The number of carbonyl (C=O) groups is 2. The van der Waals surface area contributed by atoms with Crippen molar-refractivity contribution < 1.29 is 14.7 Å². The van der Waals surface area contributed by atoms with E-state index in [1.54, 1.807) is 0 Å². The number of carboxylic acid groups (broad SMARTS) is 1. The zero-order valence-corrected chi connectivity index (χ0v) is 12.3. The Morgan fingerprint density at radius 1 is 1.38 bits per heavy atom. The van der Waals surface area contributed by atoms with Crippen molar-refractivity contribution in [2.45, 2.75) is 39.0 Å². The fraction of sp³-hybridized carbons (Fsp3) is 0.562. The first-order valence-electron chi connectivity index (χ1n) is 7.54. The summed E-state index contributed by atoms with van der Waals surface area (Å²) >= 11 is 0. The molecule has 0 bridgehead atoms. The molecule has 2 N–H and O–H groups in total. The maximum Gasteiger partial charge on any atom is 0.354 e. The van der Waals surface area contributed by atoms with Gasteiger partial charge in [-0.1, -0.05) is 26.2 Å². The predicted molar refractivity (Wildman–Crippen MR) is 79.3 cm³/mol. The number of aromatic carboxylic acids is 1. The van der Waals surface area contributed by atoms with Crippen LogP contribution in [0.4, 0.5) is 0 Å². The van der Waals surface area contributed by atoms with E-state index in [0.717, 1.165) is 12.3 Å². The summed E-state index contributed by atoms with van der Waals surface area (Å²) in [5, 5.41) is 11.6. The molecular formula is C16H22N2O3. The number of carboxylic acids is 1. The van der Waals surface area contributed by atoms with Gasteiger partial charge in [0.05, 0.1) is 5.56 Å². The van der Waals surface area contributed by atoms with Crippen LogP contribution in [-0.2, 0) is 0 Å².